The summed E-state index contributed by atoms with van der Waals surface area (Å²) in [5.74, 6) is 0.768. The molecule has 0 spiro atoms. The van der Waals surface area contributed by atoms with Gasteiger partial charge in [0.25, 0.3) is 0 Å². The van der Waals surface area contributed by atoms with Gasteiger partial charge >= 0.3 is 0 Å². The molecule has 0 aliphatic carbocycles. The van der Waals surface area contributed by atoms with E-state index in [0.717, 1.165) is 0 Å². The second-order valence-corrected chi connectivity index (χ2v) is 4.17. The molecule has 1 rings (SSSR count). The molecule has 0 saturated carbocycles. The molecule has 0 amide bonds. The first-order valence-corrected chi connectivity index (χ1v) is 6.01. The molecule has 0 aromatic heterocycles. The van der Waals surface area contributed by atoms with Gasteiger partial charge in [-0.1, -0.05) is 13.8 Å². The van der Waals surface area contributed by atoms with Crippen molar-refractivity contribution in [1.82, 2.24) is 0 Å². The lowest BCUT2D eigenvalue weighted by Gasteiger charge is -2.23. The smallest absolute Gasteiger partial charge is 0.194 e. The van der Waals surface area contributed by atoms with Crippen molar-refractivity contribution in [2.45, 2.75) is 32.3 Å². The fourth-order valence-electron chi connectivity index (χ4n) is 1.78. The van der Waals surface area contributed by atoms with E-state index in [4.69, 9.17) is 9.47 Å². The lowest BCUT2D eigenvalue weighted by molar-refractivity contribution is 0.0277. The Morgan fingerprint density at radius 1 is 1.11 bits per heavy atom. The van der Waals surface area contributed by atoms with Gasteiger partial charge in [0.1, 0.15) is 17.1 Å². The normalized spacial score (nSPS) is 11.2. The number of benzene rings is 1. The summed E-state index contributed by atoms with van der Waals surface area (Å²) in [4.78, 5) is 12.3. The third-order valence-corrected chi connectivity index (χ3v) is 3.21. The quantitative estimate of drug-likeness (QED) is 0.790. The number of ketones is 1. The van der Waals surface area contributed by atoms with Crippen LogP contribution in [0.3, 0.4) is 0 Å². The number of carbonyl (C=O) groups excluding carboxylic acids is 1. The molecular formula is C14H20O4. The van der Waals surface area contributed by atoms with Crippen LogP contribution in [0.15, 0.2) is 18.2 Å². The third-order valence-electron chi connectivity index (χ3n) is 3.21. The van der Waals surface area contributed by atoms with Crippen LogP contribution in [0.1, 0.15) is 37.0 Å². The van der Waals surface area contributed by atoms with Crippen molar-refractivity contribution >= 4 is 5.78 Å². The minimum atomic E-state index is -1.32. The van der Waals surface area contributed by atoms with E-state index in [1.54, 1.807) is 32.0 Å². The predicted octanol–water partition coefficient (Wildman–Crippen LogP) is 2.44. The average molecular weight is 252 g/mol. The molecule has 0 fully saturated rings. The van der Waals surface area contributed by atoms with Crippen LogP contribution in [-0.2, 0) is 0 Å². The topological polar surface area (TPSA) is 55.8 Å². The van der Waals surface area contributed by atoms with E-state index in [1.807, 2.05) is 0 Å². The number of aliphatic hydroxyl groups is 1. The SMILES string of the molecule is CCC(O)(CC)C(=O)c1cc(OC)cc(OC)c1. The molecule has 0 heterocycles. The van der Waals surface area contributed by atoms with Crippen LogP contribution in [0.5, 0.6) is 11.5 Å². The second kappa shape index (κ2) is 5.87. The van der Waals surface area contributed by atoms with E-state index in [9.17, 15) is 9.90 Å². The highest BCUT2D eigenvalue weighted by Crippen LogP contribution is 2.27. The first-order chi connectivity index (χ1) is 8.50. The summed E-state index contributed by atoms with van der Waals surface area (Å²) in [7, 11) is 3.05. The van der Waals surface area contributed by atoms with Crippen LogP contribution >= 0.6 is 0 Å². The molecule has 100 valence electrons. The summed E-state index contributed by atoms with van der Waals surface area (Å²) in [6.45, 7) is 3.58. The Labute approximate surface area is 108 Å². The van der Waals surface area contributed by atoms with Gasteiger partial charge in [-0.3, -0.25) is 4.79 Å². The molecule has 1 N–H and O–H groups in total. The molecule has 0 aliphatic rings. The van der Waals surface area contributed by atoms with Gasteiger partial charge in [0.15, 0.2) is 5.78 Å². The molecule has 4 nitrogen and oxygen atoms in total. The van der Waals surface area contributed by atoms with Crippen molar-refractivity contribution in [1.29, 1.82) is 0 Å². The van der Waals surface area contributed by atoms with E-state index in [-0.39, 0.29) is 5.78 Å². The maximum Gasteiger partial charge on any atom is 0.194 e. The van der Waals surface area contributed by atoms with E-state index < -0.39 is 5.60 Å². The van der Waals surface area contributed by atoms with Crippen LogP contribution < -0.4 is 9.47 Å². The molecule has 0 saturated heterocycles. The zero-order valence-corrected chi connectivity index (χ0v) is 11.3. The van der Waals surface area contributed by atoms with Gasteiger partial charge in [-0.25, -0.2) is 0 Å². The van der Waals surface area contributed by atoms with Gasteiger partial charge in [0, 0.05) is 11.6 Å². The average Bonchev–Trinajstić information content (AvgIpc) is 2.44. The summed E-state index contributed by atoms with van der Waals surface area (Å²) in [6.07, 6.45) is 0.754. The van der Waals surface area contributed by atoms with Crippen LogP contribution in [-0.4, -0.2) is 30.7 Å². The van der Waals surface area contributed by atoms with E-state index >= 15 is 0 Å². The van der Waals surface area contributed by atoms with E-state index in [2.05, 4.69) is 0 Å². The van der Waals surface area contributed by atoms with Crippen molar-refractivity contribution in [3.8, 4) is 11.5 Å². The maximum atomic E-state index is 12.3. The van der Waals surface area contributed by atoms with E-state index in [0.29, 0.717) is 29.9 Å². The van der Waals surface area contributed by atoms with Crippen LogP contribution in [0.4, 0.5) is 0 Å². The number of hydrogen-bond acceptors (Lipinski definition) is 4. The predicted molar refractivity (Wildman–Crippen MR) is 69.4 cm³/mol. The molecule has 1 aromatic rings. The van der Waals surface area contributed by atoms with Crippen LogP contribution in [0.25, 0.3) is 0 Å². The number of hydrogen-bond donors (Lipinski definition) is 1. The van der Waals surface area contributed by atoms with Gasteiger partial charge in [-0.05, 0) is 25.0 Å². The summed E-state index contributed by atoms with van der Waals surface area (Å²) in [5.41, 5.74) is -0.922. The highest BCUT2D eigenvalue weighted by molar-refractivity contribution is 6.02. The highest BCUT2D eigenvalue weighted by Gasteiger charge is 2.33. The Morgan fingerprint density at radius 2 is 1.56 bits per heavy atom. The largest absolute Gasteiger partial charge is 0.497 e. The first kappa shape index (κ1) is 14.5. The number of methoxy groups -OCH3 is 2. The molecule has 0 radical (unpaired) electrons. The summed E-state index contributed by atoms with van der Waals surface area (Å²) >= 11 is 0. The first-order valence-electron chi connectivity index (χ1n) is 6.01. The maximum absolute atomic E-state index is 12.3. The van der Waals surface area contributed by atoms with E-state index in [1.165, 1.54) is 14.2 Å². The minimum Gasteiger partial charge on any atom is -0.497 e. The summed E-state index contributed by atoms with van der Waals surface area (Å²) in [5, 5.41) is 10.2. The number of rotatable bonds is 6. The lowest BCUT2D eigenvalue weighted by atomic mass is 9.88. The summed E-state index contributed by atoms with van der Waals surface area (Å²) < 4.78 is 10.2. The zero-order chi connectivity index (χ0) is 13.8. The van der Waals surface area contributed by atoms with Crippen molar-refractivity contribution in [2.24, 2.45) is 0 Å². The second-order valence-electron chi connectivity index (χ2n) is 4.17. The van der Waals surface area contributed by atoms with Crippen LogP contribution in [0, 0.1) is 0 Å². The van der Waals surface area contributed by atoms with Crippen molar-refractivity contribution in [3.05, 3.63) is 23.8 Å². The van der Waals surface area contributed by atoms with Crippen molar-refractivity contribution in [2.75, 3.05) is 14.2 Å². The Morgan fingerprint density at radius 3 is 1.89 bits per heavy atom. The highest BCUT2D eigenvalue weighted by atomic mass is 16.5. The molecule has 0 aliphatic heterocycles. The number of ether oxygens (including phenoxy) is 2. The van der Waals surface area contributed by atoms with Crippen LogP contribution in [0.2, 0.25) is 0 Å². The number of carbonyl (C=O) groups is 1. The molecule has 0 atom stereocenters. The van der Waals surface area contributed by atoms with Gasteiger partial charge in [0.2, 0.25) is 0 Å². The molecule has 0 unspecified atom stereocenters. The fraction of sp³-hybridized carbons (Fsp3) is 0.500. The lowest BCUT2D eigenvalue weighted by Crippen LogP contribution is -2.37. The van der Waals surface area contributed by atoms with Crippen molar-refractivity contribution in [3.63, 3.8) is 0 Å². The Hall–Kier alpha value is -1.55. The van der Waals surface area contributed by atoms with Gasteiger partial charge in [-0.2, -0.15) is 0 Å². The third kappa shape index (κ3) is 2.82. The monoisotopic (exact) mass is 252 g/mol. The number of Topliss-reactive ketones (excluding diaryl/α,β-unsaturated/α-hetero) is 1. The zero-order valence-electron chi connectivity index (χ0n) is 11.3. The Bertz CT molecular complexity index is 400. The Kier molecular flexibility index (Phi) is 4.73. The van der Waals surface area contributed by atoms with Gasteiger partial charge in [0.05, 0.1) is 14.2 Å². The molecule has 18 heavy (non-hydrogen) atoms. The molecular weight excluding hydrogens is 232 g/mol. The molecule has 4 heteroatoms. The Balaban J connectivity index is 3.19. The molecule has 0 bridgehead atoms. The van der Waals surface area contributed by atoms with Gasteiger partial charge in [-0.15, -0.1) is 0 Å². The van der Waals surface area contributed by atoms with Gasteiger partial charge < -0.3 is 14.6 Å². The standard InChI is InChI=1S/C14H20O4/c1-5-14(16,6-2)13(15)10-7-11(17-3)9-12(8-10)18-4/h7-9,16H,5-6H2,1-4H3. The molecule has 1 aromatic carbocycles. The fourth-order valence-corrected chi connectivity index (χ4v) is 1.78. The minimum absolute atomic E-state index is 0.301. The summed E-state index contributed by atoms with van der Waals surface area (Å²) in [6, 6.07) is 4.91. The van der Waals surface area contributed by atoms with Crippen molar-refractivity contribution < 1.29 is 19.4 Å².